The van der Waals surface area contributed by atoms with Gasteiger partial charge in [-0.1, -0.05) is 188 Å². The molecule has 12 rings (SSSR count). The molecule has 0 saturated carbocycles. The van der Waals surface area contributed by atoms with E-state index in [1.165, 1.54) is 97.0 Å². The summed E-state index contributed by atoms with van der Waals surface area (Å²) in [7, 11) is 0. The van der Waals surface area contributed by atoms with Crippen LogP contribution in [0.1, 0.15) is 0 Å². The molecule has 2 heteroatoms. The van der Waals surface area contributed by atoms with E-state index in [1.807, 2.05) is 11.3 Å². The minimum atomic E-state index is 1.09. The Kier molecular flexibility index (Phi) is 8.76. The number of hydrogen-bond acceptors (Lipinski definition) is 2. The minimum Gasteiger partial charge on any atom is -0.310 e. The Bertz CT molecular complexity index is 3630. The number of rotatable bonds is 7. The van der Waals surface area contributed by atoms with E-state index in [2.05, 4.69) is 241 Å². The zero-order chi connectivity index (χ0) is 41.0. The molecule has 0 radical (unpaired) electrons. The standard InChI is InChI=1S/C60H39NS/c1-2-14-42(15-3-1)52-34-30-46(57-37-45-17-5-7-22-51(45)53-23-8-9-24-54(53)57)38-58(52)61(48-33-35-56-55-25-10-11-27-59(55)62-60(56)39-48)47-31-28-40(29-32-47)43-19-12-20-44(36-43)50-26-13-18-41-16-4-6-21-49(41)50/h1-39H. The van der Waals surface area contributed by atoms with Crippen LogP contribution >= 0.6 is 11.3 Å². The van der Waals surface area contributed by atoms with Gasteiger partial charge in [-0.05, 0) is 120 Å². The molecular formula is C60H39NS. The first-order chi connectivity index (χ1) is 30.7. The summed E-state index contributed by atoms with van der Waals surface area (Å²) in [6, 6.07) is 86.9. The lowest BCUT2D eigenvalue weighted by Crippen LogP contribution is -2.11. The molecule has 0 fully saturated rings. The van der Waals surface area contributed by atoms with Crippen molar-refractivity contribution >= 4 is 80.9 Å². The second kappa shape index (κ2) is 15.0. The molecule has 12 aromatic rings. The molecule has 1 aromatic heterocycles. The highest BCUT2D eigenvalue weighted by atomic mass is 32.1. The van der Waals surface area contributed by atoms with Gasteiger partial charge in [0, 0.05) is 37.1 Å². The smallest absolute Gasteiger partial charge is 0.0546 e. The Labute approximate surface area is 365 Å². The third-order valence-corrected chi connectivity index (χ3v) is 13.6. The second-order valence-electron chi connectivity index (χ2n) is 16.1. The number of fused-ring (bicyclic) bond motifs is 7. The summed E-state index contributed by atoms with van der Waals surface area (Å²) in [5, 5.41) is 10.1. The molecule has 0 atom stereocenters. The lowest BCUT2D eigenvalue weighted by Gasteiger charge is -2.29. The van der Waals surface area contributed by atoms with Gasteiger partial charge in [-0.15, -0.1) is 11.3 Å². The zero-order valence-electron chi connectivity index (χ0n) is 33.9. The summed E-state index contributed by atoms with van der Waals surface area (Å²) in [6.45, 7) is 0. The van der Waals surface area contributed by atoms with Crippen LogP contribution < -0.4 is 4.90 Å². The van der Waals surface area contributed by atoms with Crippen LogP contribution in [-0.2, 0) is 0 Å². The second-order valence-corrected chi connectivity index (χ2v) is 17.1. The fraction of sp³-hybridized carbons (Fsp3) is 0. The molecule has 290 valence electrons. The van der Waals surface area contributed by atoms with Gasteiger partial charge in [0.25, 0.3) is 0 Å². The molecule has 0 aliphatic rings. The fourth-order valence-corrected chi connectivity index (χ4v) is 10.6. The first-order valence-electron chi connectivity index (χ1n) is 21.2. The molecule has 0 N–H and O–H groups in total. The van der Waals surface area contributed by atoms with Gasteiger partial charge in [-0.3, -0.25) is 0 Å². The quantitative estimate of drug-likeness (QED) is 0.145. The summed E-state index contributed by atoms with van der Waals surface area (Å²) in [6.07, 6.45) is 0. The highest BCUT2D eigenvalue weighted by molar-refractivity contribution is 7.25. The van der Waals surface area contributed by atoms with E-state index in [0.717, 1.165) is 17.1 Å². The van der Waals surface area contributed by atoms with Crippen LogP contribution in [0, 0.1) is 0 Å². The van der Waals surface area contributed by atoms with Crippen LogP contribution in [0.2, 0.25) is 0 Å². The van der Waals surface area contributed by atoms with Crippen LogP contribution in [0.15, 0.2) is 237 Å². The SMILES string of the molecule is c1ccc(-c2ccc(-c3cc4ccccc4c4ccccc34)cc2N(c2ccc(-c3cccc(-c4cccc5ccccc45)c3)cc2)c2ccc3c(c2)sc2ccccc23)cc1. The molecule has 1 heterocycles. The normalized spacial score (nSPS) is 11.5. The van der Waals surface area contributed by atoms with Gasteiger partial charge < -0.3 is 4.90 Å². The maximum Gasteiger partial charge on any atom is 0.0546 e. The Hall–Kier alpha value is -7.78. The third-order valence-electron chi connectivity index (χ3n) is 12.4. The van der Waals surface area contributed by atoms with Gasteiger partial charge in [-0.25, -0.2) is 0 Å². The molecule has 0 aliphatic heterocycles. The average molecular weight is 806 g/mol. The van der Waals surface area contributed by atoms with Crippen molar-refractivity contribution in [1.29, 1.82) is 0 Å². The summed E-state index contributed by atoms with van der Waals surface area (Å²) < 4.78 is 2.57. The van der Waals surface area contributed by atoms with Crippen LogP contribution in [0.5, 0.6) is 0 Å². The van der Waals surface area contributed by atoms with Gasteiger partial charge >= 0.3 is 0 Å². The van der Waals surface area contributed by atoms with Gasteiger partial charge in [0.2, 0.25) is 0 Å². The Morgan fingerprint density at radius 3 is 1.71 bits per heavy atom. The van der Waals surface area contributed by atoms with Gasteiger partial charge in [-0.2, -0.15) is 0 Å². The number of hydrogen-bond donors (Lipinski definition) is 0. The fourth-order valence-electron chi connectivity index (χ4n) is 9.47. The molecule has 0 unspecified atom stereocenters. The van der Waals surface area contributed by atoms with Crippen LogP contribution in [-0.4, -0.2) is 0 Å². The maximum absolute atomic E-state index is 2.47. The number of thiophene rings is 1. The molecule has 11 aromatic carbocycles. The van der Waals surface area contributed by atoms with Crippen LogP contribution in [0.3, 0.4) is 0 Å². The molecule has 1 nitrogen and oxygen atoms in total. The average Bonchev–Trinajstić information content (AvgIpc) is 3.72. The largest absolute Gasteiger partial charge is 0.310 e. The monoisotopic (exact) mass is 805 g/mol. The molecule has 62 heavy (non-hydrogen) atoms. The Morgan fingerprint density at radius 2 is 0.855 bits per heavy atom. The summed E-state index contributed by atoms with van der Waals surface area (Å²) in [5.74, 6) is 0. The van der Waals surface area contributed by atoms with E-state index in [-0.39, 0.29) is 0 Å². The van der Waals surface area contributed by atoms with Crippen molar-refractivity contribution in [1.82, 2.24) is 0 Å². The number of benzene rings is 11. The van der Waals surface area contributed by atoms with E-state index in [4.69, 9.17) is 0 Å². The zero-order valence-corrected chi connectivity index (χ0v) is 34.7. The summed E-state index contributed by atoms with van der Waals surface area (Å²) >= 11 is 1.86. The van der Waals surface area contributed by atoms with Gasteiger partial charge in [0.05, 0.1) is 5.69 Å². The topological polar surface area (TPSA) is 3.24 Å². The van der Waals surface area contributed by atoms with E-state index < -0.39 is 0 Å². The van der Waals surface area contributed by atoms with Gasteiger partial charge in [0.15, 0.2) is 0 Å². The van der Waals surface area contributed by atoms with Crippen molar-refractivity contribution in [3.63, 3.8) is 0 Å². The lowest BCUT2D eigenvalue weighted by molar-refractivity contribution is 1.29. The predicted molar refractivity (Wildman–Crippen MR) is 268 cm³/mol. The molecule has 0 aliphatic carbocycles. The molecule has 0 spiro atoms. The Balaban J connectivity index is 1.05. The molecular weight excluding hydrogens is 767 g/mol. The van der Waals surface area contributed by atoms with Crippen LogP contribution in [0.4, 0.5) is 17.1 Å². The molecule has 0 saturated heterocycles. The van der Waals surface area contributed by atoms with E-state index in [0.29, 0.717) is 0 Å². The van der Waals surface area contributed by atoms with Crippen molar-refractivity contribution < 1.29 is 0 Å². The summed E-state index contributed by atoms with van der Waals surface area (Å²) in [5.41, 5.74) is 12.9. The predicted octanol–water partition coefficient (Wildman–Crippen LogP) is 17.7. The van der Waals surface area contributed by atoms with Crippen molar-refractivity contribution in [2.75, 3.05) is 4.90 Å². The first kappa shape index (κ1) is 36.1. The Morgan fingerprint density at radius 1 is 0.258 bits per heavy atom. The maximum atomic E-state index is 2.47. The van der Waals surface area contributed by atoms with E-state index in [9.17, 15) is 0 Å². The van der Waals surface area contributed by atoms with Crippen molar-refractivity contribution in [3.8, 4) is 44.5 Å². The van der Waals surface area contributed by atoms with Gasteiger partial charge in [0.1, 0.15) is 0 Å². The molecule has 0 bridgehead atoms. The summed E-state index contributed by atoms with van der Waals surface area (Å²) in [4.78, 5) is 2.47. The third kappa shape index (κ3) is 6.24. The van der Waals surface area contributed by atoms with Crippen molar-refractivity contribution in [2.45, 2.75) is 0 Å². The number of anilines is 3. The minimum absolute atomic E-state index is 1.09. The lowest BCUT2D eigenvalue weighted by atomic mass is 9.91. The van der Waals surface area contributed by atoms with Crippen molar-refractivity contribution in [2.24, 2.45) is 0 Å². The number of nitrogens with zero attached hydrogens (tertiary/aromatic N) is 1. The van der Waals surface area contributed by atoms with E-state index in [1.54, 1.807) is 0 Å². The van der Waals surface area contributed by atoms with Crippen molar-refractivity contribution in [3.05, 3.63) is 237 Å². The molecule has 0 amide bonds. The van der Waals surface area contributed by atoms with Crippen LogP contribution in [0.25, 0.3) is 97.0 Å². The highest BCUT2D eigenvalue weighted by Crippen LogP contribution is 2.47. The van der Waals surface area contributed by atoms with E-state index >= 15 is 0 Å². The first-order valence-corrected chi connectivity index (χ1v) is 22.1. The highest BCUT2D eigenvalue weighted by Gasteiger charge is 2.21.